The minimum Gasteiger partial charge on any atom is -0.354 e. The normalized spacial score (nSPS) is 13.9. The number of aromatic nitrogens is 4. The maximum absolute atomic E-state index is 14.4. The van der Waals surface area contributed by atoms with Crippen LogP contribution in [-0.2, 0) is 6.54 Å². The summed E-state index contributed by atoms with van der Waals surface area (Å²) in [5.41, 5.74) is 4.29. The van der Waals surface area contributed by atoms with Crippen LogP contribution in [0.1, 0.15) is 11.8 Å². The van der Waals surface area contributed by atoms with E-state index in [1.54, 1.807) is 17.8 Å². The number of piperazine rings is 1. The van der Waals surface area contributed by atoms with Gasteiger partial charge in [0.25, 0.3) is 0 Å². The minimum atomic E-state index is -0.357. The minimum absolute atomic E-state index is 0.357. The predicted molar refractivity (Wildman–Crippen MR) is 129 cm³/mol. The standard InChI is InChI=1S/C23H23FN8S/c1-3-32-23(17-11-21(27-13-18(17)29-32)31-8-6-26-7-9-31)30(2)19-10-15(24)4-5-16(19)22-20(12-25)33-14-28-22/h4-5,10-11,13-14,26H,3,6-9H2,1-2H3. The van der Waals surface area contributed by atoms with Gasteiger partial charge in [-0.2, -0.15) is 10.4 Å². The first-order chi connectivity index (χ1) is 16.1. The fourth-order valence-corrected chi connectivity index (χ4v) is 4.86. The van der Waals surface area contributed by atoms with Crippen molar-refractivity contribution >= 4 is 39.6 Å². The highest BCUT2D eigenvalue weighted by Crippen LogP contribution is 2.39. The Bertz CT molecular complexity index is 1350. The first-order valence-electron chi connectivity index (χ1n) is 10.8. The third-order valence-electron chi connectivity index (χ3n) is 5.89. The number of hydrogen-bond acceptors (Lipinski definition) is 8. The molecule has 1 aromatic carbocycles. The maximum Gasteiger partial charge on any atom is 0.139 e. The van der Waals surface area contributed by atoms with Gasteiger partial charge in [-0.3, -0.25) is 0 Å². The van der Waals surface area contributed by atoms with Gasteiger partial charge in [-0.15, -0.1) is 11.3 Å². The fraction of sp³-hybridized carbons (Fsp3) is 0.304. The topological polar surface area (TPSA) is 85.9 Å². The number of fused-ring (bicyclic) bond motifs is 1. The van der Waals surface area contributed by atoms with E-state index >= 15 is 0 Å². The highest BCUT2D eigenvalue weighted by molar-refractivity contribution is 7.10. The molecule has 3 aromatic heterocycles. The Morgan fingerprint density at radius 3 is 2.82 bits per heavy atom. The van der Waals surface area contributed by atoms with E-state index in [9.17, 15) is 9.65 Å². The van der Waals surface area contributed by atoms with E-state index in [0.717, 1.165) is 48.7 Å². The summed E-state index contributed by atoms with van der Waals surface area (Å²) in [7, 11) is 1.89. The molecule has 1 aliphatic rings. The van der Waals surface area contributed by atoms with Gasteiger partial charge >= 0.3 is 0 Å². The average molecular weight is 463 g/mol. The number of aryl methyl sites for hydroxylation is 1. The lowest BCUT2D eigenvalue weighted by atomic mass is 10.1. The van der Waals surface area contributed by atoms with Crippen molar-refractivity contribution in [2.75, 3.05) is 43.0 Å². The lowest BCUT2D eigenvalue weighted by Gasteiger charge is -2.28. The zero-order valence-corrected chi connectivity index (χ0v) is 19.2. The molecule has 33 heavy (non-hydrogen) atoms. The summed E-state index contributed by atoms with van der Waals surface area (Å²) in [6, 6.07) is 8.81. The Morgan fingerprint density at radius 2 is 2.06 bits per heavy atom. The van der Waals surface area contributed by atoms with E-state index in [4.69, 9.17) is 5.10 Å². The SMILES string of the molecule is CCn1nc2cnc(N3CCNCC3)cc2c1N(C)c1cc(F)ccc1-c1ncsc1C#N. The Hall–Kier alpha value is -3.55. The predicted octanol–water partition coefficient (Wildman–Crippen LogP) is 3.76. The molecule has 4 heterocycles. The third-order valence-corrected chi connectivity index (χ3v) is 6.62. The van der Waals surface area contributed by atoms with Gasteiger partial charge < -0.3 is 15.1 Å². The van der Waals surface area contributed by atoms with E-state index in [0.29, 0.717) is 28.4 Å². The van der Waals surface area contributed by atoms with Gasteiger partial charge in [-0.05, 0) is 31.2 Å². The van der Waals surface area contributed by atoms with Crippen LogP contribution in [0.5, 0.6) is 0 Å². The zero-order valence-electron chi connectivity index (χ0n) is 18.4. The number of anilines is 3. The van der Waals surface area contributed by atoms with Gasteiger partial charge in [0.15, 0.2) is 0 Å². The molecule has 8 nitrogen and oxygen atoms in total. The number of thiazole rings is 1. The van der Waals surface area contributed by atoms with Crippen molar-refractivity contribution in [1.29, 1.82) is 5.26 Å². The van der Waals surface area contributed by atoms with E-state index in [1.165, 1.54) is 23.5 Å². The Kier molecular flexibility index (Phi) is 5.66. The molecule has 0 aliphatic carbocycles. The molecule has 4 aromatic rings. The molecular weight excluding hydrogens is 439 g/mol. The number of pyridine rings is 1. The fourth-order valence-electron chi connectivity index (χ4n) is 4.27. The van der Waals surface area contributed by atoms with Gasteiger partial charge in [0.05, 0.1) is 17.4 Å². The summed E-state index contributed by atoms with van der Waals surface area (Å²) in [6.45, 7) is 6.28. The lowest BCUT2D eigenvalue weighted by Crippen LogP contribution is -2.43. The Labute approximate surface area is 194 Å². The molecule has 0 bridgehead atoms. The number of nitriles is 1. The molecule has 0 unspecified atom stereocenters. The van der Waals surface area contributed by atoms with Crippen LogP contribution in [0.15, 0.2) is 36.0 Å². The van der Waals surface area contributed by atoms with Gasteiger partial charge in [0.1, 0.15) is 39.6 Å². The molecule has 1 fully saturated rings. The number of nitrogens with one attached hydrogen (secondary N) is 1. The molecule has 10 heteroatoms. The third kappa shape index (κ3) is 3.79. The van der Waals surface area contributed by atoms with Crippen LogP contribution in [0.3, 0.4) is 0 Å². The van der Waals surface area contributed by atoms with Crippen molar-refractivity contribution in [2.45, 2.75) is 13.5 Å². The second-order valence-corrected chi connectivity index (χ2v) is 8.65. The van der Waals surface area contributed by atoms with E-state index in [-0.39, 0.29) is 5.82 Å². The first-order valence-corrected chi connectivity index (χ1v) is 11.7. The summed E-state index contributed by atoms with van der Waals surface area (Å²) in [6.07, 6.45) is 1.80. The van der Waals surface area contributed by atoms with Crippen LogP contribution < -0.4 is 15.1 Å². The van der Waals surface area contributed by atoms with Crippen molar-refractivity contribution in [3.8, 4) is 17.3 Å². The summed E-state index contributed by atoms with van der Waals surface area (Å²) < 4.78 is 16.3. The van der Waals surface area contributed by atoms with E-state index < -0.39 is 0 Å². The van der Waals surface area contributed by atoms with Crippen molar-refractivity contribution in [3.63, 3.8) is 0 Å². The molecule has 1 N–H and O–H groups in total. The van der Waals surface area contributed by atoms with E-state index in [2.05, 4.69) is 32.3 Å². The molecule has 1 aliphatic heterocycles. The maximum atomic E-state index is 14.4. The van der Waals surface area contributed by atoms with Crippen LogP contribution in [0.4, 0.5) is 21.7 Å². The second-order valence-electron chi connectivity index (χ2n) is 7.80. The van der Waals surface area contributed by atoms with Crippen molar-refractivity contribution in [1.82, 2.24) is 25.1 Å². The molecule has 5 rings (SSSR count). The highest BCUT2D eigenvalue weighted by atomic mass is 32.1. The molecule has 0 atom stereocenters. The second kappa shape index (κ2) is 8.77. The number of hydrogen-bond donors (Lipinski definition) is 1. The molecule has 0 saturated carbocycles. The number of rotatable bonds is 5. The van der Waals surface area contributed by atoms with Gasteiger partial charge in [0.2, 0.25) is 0 Å². The van der Waals surface area contributed by atoms with E-state index in [1.807, 2.05) is 23.6 Å². The van der Waals surface area contributed by atoms with Gasteiger partial charge in [-0.1, -0.05) is 0 Å². The Balaban J connectivity index is 1.66. The largest absolute Gasteiger partial charge is 0.354 e. The summed E-state index contributed by atoms with van der Waals surface area (Å²) in [5, 5.41) is 18.6. The molecule has 1 saturated heterocycles. The monoisotopic (exact) mass is 462 g/mol. The van der Waals surface area contributed by atoms with Crippen molar-refractivity contribution < 1.29 is 4.39 Å². The van der Waals surface area contributed by atoms with Crippen LogP contribution in [0.2, 0.25) is 0 Å². The summed E-state index contributed by atoms with van der Waals surface area (Å²) in [4.78, 5) is 13.7. The molecule has 0 spiro atoms. The number of benzene rings is 1. The summed E-state index contributed by atoms with van der Waals surface area (Å²) >= 11 is 1.27. The molecular formula is C23H23FN8S. The number of halogens is 1. The lowest BCUT2D eigenvalue weighted by molar-refractivity contribution is 0.585. The van der Waals surface area contributed by atoms with Crippen molar-refractivity contribution in [2.24, 2.45) is 0 Å². The van der Waals surface area contributed by atoms with Crippen LogP contribution >= 0.6 is 11.3 Å². The van der Waals surface area contributed by atoms with Crippen LogP contribution in [0.25, 0.3) is 22.2 Å². The molecule has 0 radical (unpaired) electrons. The quantitative estimate of drug-likeness (QED) is 0.483. The highest BCUT2D eigenvalue weighted by Gasteiger charge is 2.23. The molecule has 168 valence electrons. The Morgan fingerprint density at radius 1 is 1.24 bits per heavy atom. The molecule has 0 amide bonds. The van der Waals surface area contributed by atoms with Crippen LogP contribution in [0, 0.1) is 17.1 Å². The zero-order chi connectivity index (χ0) is 22.9. The van der Waals surface area contributed by atoms with Crippen molar-refractivity contribution in [3.05, 3.63) is 46.7 Å². The smallest absolute Gasteiger partial charge is 0.139 e. The summed E-state index contributed by atoms with van der Waals surface area (Å²) in [5.74, 6) is 1.39. The number of nitrogens with zero attached hydrogens (tertiary/aromatic N) is 7. The first kappa shape index (κ1) is 21.3. The van der Waals surface area contributed by atoms with Gasteiger partial charge in [0, 0.05) is 50.7 Å². The average Bonchev–Trinajstić information content (AvgIpc) is 3.48. The van der Waals surface area contributed by atoms with Crippen LogP contribution in [-0.4, -0.2) is 53.0 Å². The van der Waals surface area contributed by atoms with Gasteiger partial charge in [-0.25, -0.2) is 19.0 Å².